The number of benzene rings is 1. The van der Waals surface area contributed by atoms with Gasteiger partial charge >= 0.3 is 0 Å². The summed E-state index contributed by atoms with van der Waals surface area (Å²) >= 11 is 6.12. The Morgan fingerprint density at radius 3 is 2.62 bits per heavy atom. The summed E-state index contributed by atoms with van der Waals surface area (Å²) in [6, 6.07) is 8.66. The lowest BCUT2D eigenvalue weighted by Crippen LogP contribution is -2.24. The van der Waals surface area contributed by atoms with Crippen LogP contribution in [0, 0.1) is 0 Å². The molecule has 2 aromatic rings. The first-order chi connectivity index (χ1) is 11.7. The smallest absolute Gasteiger partial charge is 0.150 e. The summed E-state index contributed by atoms with van der Waals surface area (Å²) in [6.07, 6.45) is 6.77. The SMILES string of the molecule is Nc1ncnc(NCc2cccc(CN3CCCCCC3)c2)c1Cl. The van der Waals surface area contributed by atoms with Crippen molar-refractivity contribution in [2.45, 2.75) is 38.8 Å². The van der Waals surface area contributed by atoms with Crippen LogP contribution in [0.5, 0.6) is 0 Å². The fourth-order valence-electron chi connectivity index (χ4n) is 3.08. The molecule has 2 heterocycles. The zero-order valence-electron chi connectivity index (χ0n) is 13.8. The van der Waals surface area contributed by atoms with Crippen molar-refractivity contribution in [1.29, 1.82) is 0 Å². The standard InChI is InChI=1S/C18H24ClN5/c19-16-17(20)22-13-23-18(16)21-11-14-6-5-7-15(10-14)12-24-8-3-1-2-4-9-24/h5-7,10,13H,1-4,8-9,11-12H2,(H3,20,21,22,23). The van der Waals surface area contributed by atoms with Gasteiger partial charge in [0.15, 0.2) is 5.82 Å². The quantitative estimate of drug-likeness (QED) is 0.864. The first kappa shape index (κ1) is 17.0. The van der Waals surface area contributed by atoms with Crippen molar-refractivity contribution in [1.82, 2.24) is 14.9 Å². The minimum absolute atomic E-state index is 0.295. The summed E-state index contributed by atoms with van der Waals surface area (Å²) in [5.74, 6) is 0.867. The molecule has 0 radical (unpaired) electrons. The Morgan fingerprint density at radius 2 is 1.83 bits per heavy atom. The maximum absolute atomic E-state index is 6.12. The molecule has 24 heavy (non-hydrogen) atoms. The Hall–Kier alpha value is -1.85. The number of nitrogens with two attached hydrogens (primary N) is 1. The first-order valence-electron chi connectivity index (χ1n) is 8.52. The summed E-state index contributed by atoms with van der Waals surface area (Å²) in [7, 11) is 0. The van der Waals surface area contributed by atoms with Gasteiger partial charge in [0.1, 0.15) is 17.2 Å². The van der Waals surface area contributed by atoms with Gasteiger partial charge in [-0.1, -0.05) is 48.7 Å². The summed E-state index contributed by atoms with van der Waals surface area (Å²) in [4.78, 5) is 10.6. The van der Waals surface area contributed by atoms with E-state index in [1.54, 1.807) is 0 Å². The molecule has 128 valence electrons. The molecular formula is C18H24ClN5. The average molecular weight is 346 g/mol. The van der Waals surface area contributed by atoms with E-state index in [-0.39, 0.29) is 0 Å². The fourth-order valence-corrected chi connectivity index (χ4v) is 3.25. The third kappa shape index (κ3) is 4.58. The van der Waals surface area contributed by atoms with Gasteiger partial charge < -0.3 is 11.1 Å². The lowest BCUT2D eigenvalue weighted by Gasteiger charge is -2.20. The van der Waals surface area contributed by atoms with Gasteiger partial charge in [0, 0.05) is 13.1 Å². The molecule has 3 N–H and O–H groups in total. The average Bonchev–Trinajstić information content (AvgIpc) is 2.85. The number of halogens is 1. The number of rotatable bonds is 5. The lowest BCUT2D eigenvalue weighted by atomic mass is 10.1. The van der Waals surface area contributed by atoms with Crippen molar-refractivity contribution < 1.29 is 0 Å². The van der Waals surface area contributed by atoms with Crippen molar-refractivity contribution in [3.8, 4) is 0 Å². The van der Waals surface area contributed by atoms with Gasteiger partial charge in [0.25, 0.3) is 0 Å². The number of nitrogen functional groups attached to an aromatic ring is 1. The number of nitrogens with one attached hydrogen (secondary N) is 1. The largest absolute Gasteiger partial charge is 0.382 e. The Kier molecular flexibility index (Phi) is 5.88. The minimum Gasteiger partial charge on any atom is -0.382 e. The molecule has 0 saturated carbocycles. The Bertz CT molecular complexity index is 668. The van der Waals surface area contributed by atoms with Crippen LogP contribution in [-0.4, -0.2) is 28.0 Å². The zero-order valence-corrected chi connectivity index (χ0v) is 14.6. The Balaban J connectivity index is 1.61. The normalized spacial score (nSPS) is 15.9. The predicted octanol–water partition coefficient (Wildman–Crippen LogP) is 3.70. The van der Waals surface area contributed by atoms with E-state index in [1.165, 1.54) is 56.2 Å². The minimum atomic E-state index is 0.295. The molecule has 5 nitrogen and oxygen atoms in total. The van der Waals surface area contributed by atoms with Crippen molar-refractivity contribution in [3.63, 3.8) is 0 Å². The van der Waals surface area contributed by atoms with Crippen LogP contribution < -0.4 is 11.1 Å². The zero-order chi connectivity index (χ0) is 16.8. The molecule has 3 rings (SSSR count). The Morgan fingerprint density at radius 1 is 1.08 bits per heavy atom. The molecule has 1 saturated heterocycles. The second kappa shape index (κ2) is 8.31. The second-order valence-electron chi connectivity index (χ2n) is 6.29. The van der Waals surface area contributed by atoms with Crippen LogP contribution in [0.4, 0.5) is 11.6 Å². The van der Waals surface area contributed by atoms with Gasteiger partial charge in [0.2, 0.25) is 0 Å². The van der Waals surface area contributed by atoms with Crippen LogP contribution in [0.1, 0.15) is 36.8 Å². The molecular weight excluding hydrogens is 322 g/mol. The van der Waals surface area contributed by atoms with E-state index in [9.17, 15) is 0 Å². The van der Waals surface area contributed by atoms with Crippen molar-refractivity contribution in [2.24, 2.45) is 0 Å². The summed E-state index contributed by atoms with van der Waals surface area (Å²) < 4.78 is 0. The molecule has 0 aliphatic carbocycles. The number of anilines is 2. The fraction of sp³-hybridized carbons (Fsp3) is 0.444. The topological polar surface area (TPSA) is 67.1 Å². The molecule has 0 amide bonds. The Labute approximate surface area is 148 Å². The van der Waals surface area contributed by atoms with E-state index < -0.39 is 0 Å². The van der Waals surface area contributed by atoms with Gasteiger partial charge in [0.05, 0.1) is 0 Å². The highest BCUT2D eigenvalue weighted by Crippen LogP contribution is 2.23. The molecule has 1 aromatic carbocycles. The molecule has 0 bridgehead atoms. The number of aromatic nitrogens is 2. The van der Waals surface area contributed by atoms with Crippen molar-refractivity contribution in [2.75, 3.05) is 24.1 Å². The second-order valence-corrected chi connectivity index (χ2v) is 6.66. The van der Waals surface area contributed by atoms with Gasteiger partial charge in [-0.3, -0.25) is 4.90 Å². The van der Waals surface area contributed by atoms with E-state index in [1.807, 2.05) is 0 Å². The number of likely N-dealkylation sites (tertiary alicyclic amines) is 1. The number of hydrogen-bond donors (Lipinski definition) is 2. The third-order valence-electron chi connectivity index (χ3n) is 4.37. The van der Waals surface area contributed by atoms with Crippen molar-refractivity contribution in [3.05, 3.63) is 46.7 Å². The molecule has 0 spiro atoms. The van der Waals surface area contributed by atoms with Gasteiger partial charge in [-0.05, 0) is 37.1 Å². The lowest BCUT2D eigenvalue weighted by molar-refractivity contribution is 0.277. The molecule has 1 fully saturated rings. The molecule has 0 unspecified atom stereocenters. The van der Waals surface area contributed by atoms with E-state index in [4.69, 9.17) is 17.3 Å². The van der Waals surface area contributed by atoms with Crippen LogP contribution in [0.25, 0.3) is 0 Å². The third-order valence-corrected chi connectivity index (χ3v) is 4.75. The predicted molar refractivity (Wildman–Crippen MR) is 99.0 cm³/mol. The monoisotopic (exact) mass is 345 g/mol. The van der Waals surface area contributed by atoms with Gasteiger partial charge in [-0.15, -0.1) is 0 Å². The number of nitrogens with zero attached hydrogens (tertiary/aromatic N) is 3. The highest BCUT2D eigenvalue weighted by molar-refractivity contribution is 6.35. The van der Waals surface area contributed by atoms with Gasteiger partial charge in [-0.25, -0.2) is 9.97 Å². The highest BCUT2D eigenvalue weighted by Gasteiger charge is 2.10. The van der Waals surface area contributed by atoms with E-state index in [2.05, 4.69) is 44.5 Å². The van der Waals surface area contributed by atoms with Gasteiger partial charge in [-0.2, -0.15) is 0 Å². The van der Waals surface area contributed by atoms with E-state index in [0.717, 1.165) is 6.54 Å². The van der Waals surface area contributed by atoms with Crippen LogP contribution in [0.3, 0.4) is 0 Å². The molecule has 1 aliphatic rings. The molecule has 1 aliphatic heterocycles. The molecule has 1 aromatic heterocycles. The molecule has 6 heteroatoms. The van der Waals surface area contributed by atoms with Crippen LogP contribution in [0.2, 0.25) is 5.02 Å². The number of hydrogen-bond acceptors (Lipinski definition) is 5. The maximum Gasteiger partial charge on any atom is 0.150 e. The van der Waals surface area contributed by atoms with E-state index >= 15 is 0 Å². The van der Waals surface area contributed by atoms with Crippen LogP contribution in [-0.2, 0) is 13.1 Å². The van der Waals surface area contributed by atoms with E-state index in [0.29, 0.717) is 23.2 Å². The summed E-state index contributed by atoms with van der Waals surface area (Å²) in [5, 5.41) is 3.61. The van der Waals surface area contributed by atoms with Crippen LogP contribution >= 0.6 is 11.6 Å². The highest BCUT2D eigenvalue weighted by atomic mass is 35.5. The summed E-state index contributed by atoms with van der Waals surface area (Å²) in [6.45, 7) is 4.09. The maximum atomic E-state index is 6.12. The molecule has 0 atom stereocenters. The summed E-state index contributed by atoms with van der Waals surface area (Å²) in [5.41, 5.74) is 8.26. The first-order valence-corrected chi connectivity index (χ1v) is 8.90. The van der Waals surface area contributed by atoms with Crippen LogP contribution in [0.15, 0.2) is 30.6 Å². The van der Waals surface area contributed by atoms with Crippen molar-refractivity contribution >= 4 is 23.2 Å².